The summed E-state index contributed by atoms with van der Waals surface area (Å²) in [7, 11) is 0. The zero-order valence-electron chi connectivity index (χ0n) is 15.8. The van der Waals surface area contributed by atoms with E-state index < -0.39 is 5.97 Å². The van der Waals surface area contributed by atoms with Crippen LogP contribution >= 0.6 is 0 Å². The molecule has 0 aliphatic carbocycles. The molecule has 29 heavy (non-hydrogen) atoms. The number of aromatic nitrogens is 1. The van der Waals surface area contributed by atoms with Crippen LogP contribution in [0, 0.1) is 5.82 Å². The van der Waals surface area contributed by atoms with E-state index in [9.17, 15) is 9.18 Å². The van der Waals surface area contributed by atoms with Gasteiger partial charge in [0.05, 0.1) is 17.8 Å². The summed E-state index contributed by atoms with van der Waals surface area (Å²) in [5.74, 6) is -0.374. The lowest BCUT2D eigenvalue weighted by atomic mass is 10.1. The molecular formula is C23H21FN2O3. The highest BCUT2D eigenvalue weighted by atomic mass is 19.1. The number of rotatable bonds is 7. The predicted molar refractivity (Wildman–Crippen MR) is 107 cm³/mol. The van der Waals surface area contributed by atoms with Crippen LogP contribution in [0.3, 0.4) is 0 Å². The highest BCUT2D eigenvalue weighted by Crippen LogP contribution is 2.27. The van der Waals surface area contributed by atoms with Crippen molar-refractivity contribution in [3.05, 3.63) is 83.3 Å². The number of carbonyl (C=O) groups is 1. The standard InChI is InChI=1S/C23H21FN2O3/c24-19-5-1-3-16(11-19)15-29-20-6-2-4-17(12-20)21-8-7-18-13-26(10-9-23(27)28)14-22(18)25-21/h1-8,11-12H,9-10,13-15H2,(H,27,28). The molecule has 3 aromatic rings. The lowest BCUT2D eigenvalue weighted by Crippen LogP contribution is -2.20. The fourth-order valence-corrected chi connectivity index (χ4v) is 3.43. The monoisotopic (exact) mass is 392 g/mol. The van der Waals surface area contributed by atoms with E-state index in [-0.39, 0.29) is 18.8 Å². The molecule has 0 saturated carbocycles. The first-order valence-electron chi connectivity index (χ1n) is 9.47. The van der Waals surface area contributed by atoms with Gasteiger partial charge in [-0.25, -0.2) is 4.39 Å². The molecule has 0 atom stereocenters. The number of nitrogens with zero attached hydrogens (tertiary/aromatic N) is 2. The van der Waals surface area contributed by atoms with E-state index in [2.05, 4.69) is 11.0 Å². The van der Waals surface area contributed by atoms with Crippen LogP contribution in [-0.2, 0) is 24.5 Å². The third-order valence-corrected chi connectivity index (χ3v) is 4.90. The molecular weight excluding hydrogens is 371 g/mol. The Morgan fingerprint density at radius 1 is 1.10 bits per heavy atom. The summed E-state index contributed by atoms with van der Waals surface area (Å²) < 4.78 is 19.1. The SMILES string of the molecule is O=C(O)CCN1Cc2ccc(-c3cccc(OCc4cccc(F)c4)c3)nc2C1. The summed E-state index contributed by atoms with van der Waals surface area (Å²) in [6.45, 7) is 2.20. The highest BCUT2D eigenvalue weighted by molar-refractivity contribution is 5.67. The molecule has 1 aromatic heterocycles. The average Bonchev–Trinajstić information content (AvgIpc) is 3.13. The molecule has 0 fully saturated rings. The van der Waals surface area contributed by atoms with Gasteiger partial charge in [-0.05, 0) is 41.5 Å². The number of carboxylic acid groups (broad SMARTS) is 1. The molecule has 6 heteroatoms. The van der Waals surface area contributed by atoms with Crippen molar-refractivity contribution in [2.45, 2.75) is 26.1 Å². The molecule has 1 aliphatic rings. The largest absolute Gasteiger partial charge is 0.489 e. The number of pyridine rings is 1. The Morgan fingerprint density at radius 2 is 1.97 bits per heavy atom. The van der Waals surface area contributed by atoms with Gasteiger partial charge >= 0.3 is 5.97 Å². The van der Waals surface area contributed by atoms with Gasteiger partial charge in [-0.2, -0.15) is 0 Å². The first kappa shape index (κ1) is 19.1. The molecule has 0 radical (unpaired) electrons. The lowest BCUT2D eigenvalue weighted by molar-refractivity contribution is -0.137. The Morgan fingerprint density at radius 3 is 2.79 bits per heavy atom. The maximum absolute atomic E-state index is 13.3. The first-order valence-corrected chi connectivity index (χ1v) is 9.47. The second-order valence-corrected chi connectivity index (χ2v) is 7.10. The molecule has 148 valence electrons. The molecule has 0 unspecified atom stereocenters. The number of carboxylic acids is 1. The summed E-state index contributed by atoms with van der Waals surface area (Å²) in [5, 5.41) is 8.87. The summed E-state index contributed by atoms with van der Waals surface area (Å²) in [6, 6.07) is 18.1. The van der Waals surface area contributed by atoms with Gasteiger partial charge in [0, 0.05) is 25.2 Å². The minimum atomic E-state index is -0.787. The fraction of sp³-hybridized carbons (Fsp3) is 0.217. The number of fused-ring (bicyclic) bond motifs is 1. The van der Waals surface area contributed by atoms with Gasteiger partial charge in [-0.3, -0.25) is 14.7 Å². The zero-order chi connectivity index (χ0) is 20.2. The Balaban J connectivity index is 1.45. The topological polar surface area (TPSA) is 62.7 Å². The number of aliphatic carboxylic acids is 1. The van der Waals surface area contributed by atoms with Gasteiger partial charge in [-0.1, -0.05) is 30.3 Å². The van der Waals surface area contributed by atoms with E-state index >= 15 is 0 Å². The van der Waals surface area contributed by atoms with Crippen molar-refractivity contribution in [3.63, 3.8) is 0 Å². The van der Waals surface area contributed by atoms with Crippen LogP contribution in [0.1, 0.15) is 23.2 Å². The fourth-order valence-electron chi connectivity index (χ4n) is 3.43. The first-order chi connectivity index (χ1) is 14.1. The number of benzene rings is 2. The van der Waals surface area contributed by atoms with Crippen molar-refractivity contribution in [2.24, 2.45) is 0 Å². The average molecular weight is 392 g/mol. The minimum Gasteiger partial charge on any atom is -0.489 e. The predicted octanol–water partition coefficient (Wildman–Crippen LogP) is 4.26. The molecule has 5 nitrogen and oxygen atoms in total. The van der Waals surface area contributed by atoms with Crippen LogP contribution in [-0.4, -0.2) is 27.5 Å². The van der Waals surface area contributed by atoms with Crippen molar-refractivity contribution in [1.82, 2.24) is 9.88 Å². The second-order valence-electron chi connectivity index (χ2n) is 7.10. The maximum atomic E-state index is 13.3. The molecule has 4 rings (SSSR count). The Kier molecular flexibility index (Phi) is 5.53. The third kappa shape index (κ3) is 4.78. The van der Waals surface area contributed by atoms with Gasteiger partial charge < -0.3 is 9.84 Å². The molecule has 0 amide bonds. The summed E-state index contributed by atoms with van der Waals surface area (Å²) >= 11 is 0. The third-order valence-electron chi connectivity index (χ3n) is 4.90. The summed E-state index contributed by atoms with van der Waals surface area (Å²) in [4.78, 5) is 17.7. The Bertz CT molecular complexity index is 1040. The van der Waals surface area contributed by atoms with E-state index in [1.54, 1.807) is 6.07 Å². The summed E-state index contributed by atoms with van der Waals surface area (Å²) in [6.07, 6.45) is 0.130. The maximum Gasteiger partial charge on any atom is 0.304 e. The number of ether oxygens (including phenoxy) is 1. The highest BCUT2D eigenvalue weighted by Gasteiger charge is 2.21. The normalized spacial score (nSPS) is 13.3. The van der Waals surface area contributed by atoms with Crippen LogP contribution in [0.25, 0.3) is 11.3 Å². The molecule has 0 saturated heterocycles. The van der Waals surface area contributed by atoms with Gasteiger partial charge in [0.25, 0.3) is 0 Å². The molecule has 1 aliphatic heterocycles. The van der Waals surface area contributed by atoms with Crippen LogP contribution in [0.15, 0.2) is 60.7 Å². The van der Waals surface area contributed by atoms with Crippen molar-refractivity contribution in [3.8, 4) is 17.0 Å². The smallest absolute Gasteiger partial charge is 0.304 e. The molecule has 2 heterocycles. The Labute approximate surface area is 168 Å². The quantitative estimate of drug-likeness (QED) is 0.651. The van der Waals surface area contributed by atoms with E-state index in [1.165, 1.54) is 12.1 Å². The van der Waals surface area contributed by atoms with Crippen molar-refractivity contribution < 1.29 is 19.0 Å². The molecule has 2 aromatic carbocycles. The number of hydrogen-bond acceptors (Lipinski definition) is 4. The van der Waals surface area contributed by atoms with Crippen molar-refractivity contribution >= 4 is 5.97 Å². The zero-order valence-corrected chi connectivity index (χ0v) is 15.8. The van der Waals surface area contributed by atoms with Gasteiger partial charge in [-0.15, -0.1) is 0 Å². The molecule has 0 bridgehead atoms. The summed E-state index contributed by atoms with van der Waals surface area (Å²) in [5.41, 5.74) is 4.68. The van der Waals surface area contributed by atoms with Gasteiger partial charge in [0.1, 0.15) is 18.2 Å². The van der Waals surface area contributed by atoms with Gasteiger partial charge in [0.15, 0.2) is 0 Å². The van der Waals surface area contributed by atoms with Crippen molar-refractivity contribution in [1.29, 1.82) is 0 Å². The Hall–Kier alpha value is -3.25. The van der Waals surface area contributed by atoms with Crippen LogP contribution < -0.4 is 4.74 Å². The van der Waals surface area contributed by atoms with Crippen LogP contribution in [0.5, 0.6) is 5.75 Å². The van der Waals surface area contributed by atoms with E-state index in [4.69, 9.17) is 14.8 Å². The van der Waals surface area contributed by atoms with E-state index in [0.29, 0.717) is 18.8 Å². The van der Waals surface area contributed by atoms with Crippen LogP contribution in [0.4, 0.5) is 4.39 Å². The van der Waals surface area contributed by atoms with Gasteiger partial charge in [0.2, 0.25) is 0 Å². The lowest BCUT2D eigenvalue weighted by Gasteiger charge is -2.11. The van der Waals surface area contributed by atoms with E-state index in [1.807, 2.05) is 36.4 Å². The molecule has 1 N–H and O–H groups in total. The van der Waals surface area contributed by atoms with Crippen LogP contribution in [0.2, 0.25) is 0 Å². The van der Waals surface area contributed by atoms with E-state index in [0.717, 1.165) is 34.6 Å². The van der Waals surface area contributed by atoms with Crippen molar-refractivity contribution in [2.75, 3.05) is 6.54 Å². The number of hydrogen-bond donors (Lipinski definition) is 1. The second kappa shape index (κ2) is 8.41. The number of halogens is 1. The minimum absolute atomic E-state index is 0.130. The molecule has 0 spiro atoms.